The predicted octanol–water partition coefficient (Wildman–Crippen LogP) is 2.53. The summed E-state index contributed by atoms with van der Waals surface area (Å²) in [5.74, 6) is 1.86. The van der Waals surface area contributed by atoms with Crippen LogP contribution in [0.3, 0.4) is 0 Å². The van der Waals surface area contributed by atoms with Crippen LogP contribution in [-0.2, 0) is 6.42 Å². The smallest absolute Gasteiger partial charge is 0.248 e. The molecule has 0 radical (unpaired) electrons. The molecule has 2 fully saturated rings. The van der Waals surface area contributed by atoms with Gasteiger partial charge in [0.05, 0.1) is 0 Å². The van der Waals surface area contributed by atoms with Gasteiger partial charge in [-0.3, -0.25) is 4.79 Å². The first-order valence-corrected chi connectivity index (χ1v) is 7.79. The van der Waals surface area contributed by atoms with Crippen molar-refractivity contribution in [2.45, 2.75) is 57.0 Å². The third-order valence-corrected chi connectivity index (χ3v) is 4.99. The Morgan fingerprint density at radius 1 is 1.11 bits per heavy atom. The van der Waals surface area contributed by atoms with Crippen molar-refractivity contribution in [2.75, 3.05) is 0 Å². The van der Waals surface area contributed by atoms with Crippen LogP contribution >= 0.6 is 0 Å². The molecule has 4 rings (SSSR count). The van der Waals surface area contributed by atoms with E-state index >= 15 is 0 Å². The zero-order valence-corrected chi connectivity index (χ0v) is 11.3. The quantitative estimate of drug-likeness (QED) is 0.871. The van der Waals surface area contributed by atoms with Gasteiger partial charge >= 0.3 is 0 Å². The van der Waals surface area contributed by atoms with Gasteiger partial charge in [0.1, 0.15) is 0 Å². The van der Waals surface area contributed by atoms with Gasteiger partial charge < -0.3 is 10.3 Å². The summed E-state index contributed by atoms with van der Waals surface area (Å²) in [7, 11) is 0. The van der Waals surface area contributed by atoms with Crippen LogP contribution in [0.4, 0.5) is 0 Å². The van der Waals surface area contributed by atoms with Crippen molar-refractivity contribution in [1.29, 1.82) is 0 Å². The first-order valence-electron chi connectivity index (χ1n) is 7.79. The van der Waals surface area contributed by atoms with Crippen LogP contribution in [0.2, 0.25) is 0 Å². The molecule has 1 heterocycles. The molecule has 2 N–H and O–H groups in total. The summed E-state index contributed by atoms with van der Waals surface area (Å²) in [5, 5.41) is 3.93. The molecule has 19 heavy (non-hydrogen) atoms. The van der Waals surface area contributed by atoms with E-state index in [1.54, 1.807) is 6.07 Å². The Bertz CT molecular complexity index is 516. The Labute approximate surface area is 113 Å². The highest BCUT2D eigenvalue weighted by molar-refractivity contribution is 5.26. The van der Waals surface area contributed by atoms with Gasteiger partial charge in [-0.25, -0.2) is 0 Å². The predicted molar refractivity (Wildman–Crippen MR) is 75.1 cm³/mol. The highest BCUT2D eigenvalue weighted by Crippen LogP contribution is 2.46. The van der Waals surface area contributed by atoms with Gasteiger partial charge in [-0.15, -0.1) is 0 Å². The van der Waals surface area contributed by atoms with Gasteiger partial charge in [-0.1, -0.05) is 6.07 Å². The minimum absolute atomic E-state index is 0.0420. The number of pyridine rings is 1. The summed E-state index contributed by atoms with van der Waals surface area (Å²) in [6, 6.07) is 4.93. The average molecular weight is 258 g/mol. The van der Waals surface area contributed by atoms with E-state index in [1.807, 2.05) is 6.07 Å². The molecule has 0 bridgehead atoms. The fourth-order valence-corrected chi connectivity index (χ4v) is 3.67. The van der Waals surface area contributed by atoms with Gasteiger partial charge in [-0.05, 0) is 62.3 Å². The van der Waals surface area contributed by atoms with Gasteiger partial charge in [0.2, 0.25) is 5.56 Å². The molecule has 1 aromatic heterocycles. The van der Waals surface area contributed by atoms with E-state index < -0.39 is 0 Å². The lowest BCUT2D eigenvalue weighted by Crippen LogP contribution is -2.38. The van der Waals surface area contributed by atoms with Crippen molar-refractivity contribution in [3.05, 3.63) is 33.7 Å². The standard InChI is InChI=1S/C16H22N2O/c19-15-9-8-12-13(17-15)2-1-3-14(12)18-16(10-4-5-10)11-6-7-11/h8-11,14,16,18H,1-7H2,(H,17,19). The topological polar surface area (TPSA) is 44.9 Å². The summed E-state index contributed by atoms with van der Waals surface area (Å²) in [5.41, 5.74) is 2.55. The number of hydrogen-bond acceptors (Lipinski definition) is 2. The molecule has 0 aromatic carbocycles. The summed E-state index contributed by atoms with van der Waals surface area (Å²) in [6.07, 6.45) is 9.10. The molecular weight excluding hydrogens is 236 g/mol. The molecule has 1 unspecified atom stereocenters. The fraction of sp³-hybridized carbons (Fsp3) is 0.688. The molecule has 2 saturated carbocycles. The molecule has 0 saturated heterocycles. The third-order valence-electron chi connectivity index (χ3n) is 4.99. The summed E-state index contributed by atoms with van der Waals surface area (Å²) >= 11 is 0. The van der Waals surface area contributed by atoms with Crippen molar-refractivity contribution in [1.82, 2.24) is 10.3 Å². The fourth-order valence-electron chi connectivity index (χ4n) is 3.67. The molecular formula is C16H22N2O. The van der Waals surface area contributed by atoms with Crippen molar-refractivity contribution < 1.29 is 0 Å². The van der Waals surface area contributed by atoms with E-state index in [2.05, 4.69) is 10.3 Å². The number of H-pyrrole nitrogens is 1. The van der Waals surface area contributed by atoms with Gasteiger partial charge in [-0.2, -0.15) is 0 Å². The van der Waals surface area contributed by atoms with Crippen LogP contribution in [0, 0.1) is 11.8 Å². The lowest BCUT2D eigenvalue weighted by molar-refractivity contribution is 0.338. The minimum atomic E-state index is 0.0420. The lowest BCUT2D eigenvalue weighted by atomic mass is 9.90. The first kappa shape index (κ1) is 11.7. The summed E-state index contributed by atoms with van der Waals surface area (Å²) in [4.78, 5) is 14.5. The number of hydrogen-bond donors (Lipinski definition) is 2. The van der Waals surface area contributed by atoms with E-state index in [4.69, 9.17) is 0 Å². The number of rotatable bonds is 4. The lowest BCUT2D eigenvalue weighted by Gasteiger charge is -2.30. The Hall–Kier alpha value is -1.09. The van der Waals surface area contributed by atoms with Crippen LogP contribution in [-0.4, -0.2) is 11.0 Å². The monoisotopic (exact) mass is 258 g/mol. The molecule has 1 atom stereocenters. The number of aromatic amines is 1. The molecule has 1 aromatic rings. The van der Waals surface area contributed by atoms with Crippen molar-refractivity contribution in [3.63, 3.8) is 0 Å². The number of fused-ring (bicyclic) bond motifs is 1. The number of nitrogens with one attached hydrogen (secondary N) is 2. The minimum Gasteiger partial charge on any atom is -0.326 e. The molecule has 3 aliphatic rings. The Morgan fingerprint density at radius 2 is 1.84 bits per heavy atom. The maximum absolute atomic E-state index is 11.4. The Kier molecular flexibility index (Phi) is 2.76. The maximum Gasteiger partial charge on any atom is 0.248 e. The number of aryl methyl sites for hydroxylation is 1. The molecule has 0 aliphatic heterocycles. The highest BCUT2D eigenvalue weighted by atomic mass is 16.1. The average Bonchev–Trinajstić information content (AvgIpc) is 3.28. The van der Waals surface area contributed by atoms with Crippen molar-refractivity contribution in [2.24, 2.45) is 11.8 Å². The number of aromatic nitrogens is 1. The Balaban J connectivity index is 1.57. The van der Waals surface area contributed by atoms with E-state index in [9.17, 15) is 4.79 Å². The molecule has 102 valence electrons. The normalized spacial score (nSPS) is 26.5. The zero-order chi connectivity index (χ0) is 12.8. The van der Waals surface area contributed by atoms with Crippen molar-refractivity contribution >= 4 is 0 Å². The van der Waals surface area contributed by atoms with Gasteiger partial charge in [0.15, 0.2) is 0 Å². The SMILES string of the molecule is O=c1ccc2c([nH]1)CCCC2NC(C1CC1)C1CC1. The third kappa shape index (κ3) is 2.36. The Morgan fingerprint density at radius 3 is 2.53 bits per heavy atom. The van der Waals surface area contributed by atoms with E-state index in [-0.39, 0.29) is 5.56 Å². The van der Waals surface area contributed by atoms with Crippen LogP contribution in [0.1, 0.15) is 55.8 Å². The van der Waals surface area contributed by atoms with E-state index in [0.29, 0.717) is 6.04 Å². The maximum atomic E-state index is 11.4. The van der Waals surface area contributed by atoms with Gasteiger partial charge in [0.25, 0.3) is 0 Å². The summed E-state index contributed by atoms with van der Waals surface area (Å²) < 4.78 is 0. The first-order chi connectivity index (χ1) is 9.31. The molecule has 0 amide bonds. The summed E-state index contributed by atoms with van der Waals surface area (Å²) in [6.45, 7) is 0. The second kappa shape index (κ2) is 4.48. The second-order valence-electron chi connectivity index (χ2n) is 6.57. The van der Waals surface area contributed by atoms with Crippen LogP contribution in [0.25, 0.3) is 0 Å². The van der Waals surface area contributed by atoms with Gasteiger partial charge in [0, 0.05) is 23.8 Å². The molecule has 3 aliphatic carbocycles. The largest absolute Gasteiger partial charge is 0.326 e. The molecule has 3 heteroatoms. The highest BCUT2D eigenvalue weighted by Gasteiger charge is 2.42. The van der Waals surface area contributed by atoms with Crippen LogP contribution in [0.5, 0.6) is 0 Å². The van der Waals surface area contributed by atoms with E-state index in [0.717, 1.165) is 24.3 Å². The van der Waals surface area contributed by atoms with E-state index in [1.165, 1.54) is 49.8 Å². The van der Waals surface area contributed by atoms with Crippen LogP contribution in [0.15, 0.2) is 16.9 Å². The second-order valence-corrected chi connectivity index (χ2v) is 6.57. The zero-order valence-electron chi connectivity index (χ0n) is 11.3. The molecule has 3 nitrogen and oxygen atoms in total. The molecule has 0 spiro atoms. The van der Waals surface area contributed by atoms with Crippen LogP contribution < -0.4 is 10.9 Å². The van der Waals surface area contributed by atoms with Crippen molar-refractivity contribution in [3.8, 4) is 0 Å².